The van der Waals surface area contributed by atoms with Crippen LogP contribution in [0.2, 0.25) is 0 Å². The topological polar surface area (TPSA) is 480 Å². The number of aromatic nitrogens is 12. The number of phosphoric acid groups is 2. The number of hydrogen-bond donors (Lipinski definition) is 8. The smallest absolute Gasteiger partial charge is 0.454 e. The van der Waals surface area contributed by atoms with Crippen molar-refractivity contribution in [2.45, 2.75) is 107 Å². The Kier molecular flexibility index (Phi) is 16.0. The van der Waals surface area contributed by atoms with Crippen LogP contribution in [-0.2, 0) is 69.5 Å². The van der Waals surface area contributed by atoms with Crippen molar-refractivity contribution in [3.05, 3.63) is 38.0 Å². The number of hydrogen-bond acceptors (Lipinski definition) is 30. The van der Waals surface area contributed by atoms with E-state index in [4.69, 9.17) is 68.2 Å². The lowest BCUT2D eigenvalue weighted by Crippen LogP contribution is -2.51. The van der Waals surface area contributed by atoms with Crippen LogP contribution >= 0.6 is 33.8 Å². The summed E-state index contributed by atoms with van der Waals surface area (Å²) in [7, 11) is -9.55. The first-order valence-corrected chi connectivity index (χ1v) is 29.9. The SMILES string of the molecule is COC1C(OP(=O)(O)OC[C@H]2O[C@@H](n3cnc4c(N)ncnc43)C(OP(=O)(O)OC[C@]34CCCOC3C(O)[C@H](n3cnc5c(N)ncnc53)O4)C2O)[C@H](n2cnc3c(N)ncnc32)O[C@@H]1COP(=O)(O)SCOC(=O)C(C)(C)C. The average molecular weight is 1190 g/mol. The molecule has 0 bridgehead atoms. The van der Waals surface area contributed by atoms with Crippen LogP contribution in [0, 0.1) is 5.41 Å². The second-order valence-corrected chi connectivity index (χ2v) is 26.0. The minimum atomic E-state index is -5.40. The Balaban J connectivity index is 0.865. The number of ether oxygens (including phenoxy) is 6. The third kappa shape index (κ3) is 11.5. The highest BCUT2D eigenvalue weighted by molar-refractivity contribution is 8.54. The number of aliphatic hydroxyl groups is 2. The van der Waals surface area contributed by atoms with Gasteiger partial charge in [-0.3, -0.25) is 41.1 Å². The van der Waals surface area contributed by atoms with Crippen molar-refractivity contribution in [1.82, 2.24) is 58.6 Å². The molecule has 0 aliphatic carbocycles. The van der Waals surface area contributed by atoms with Gasteiger partial charge in [0.15, 0.2) is 53.1 Å². The van der Waals surface area contributed by atoms with Crippen LogP contribution in [0.5, 0.6) is 0 Å². The molecule has 0 saturated carbocycles. The Morgan fingerprint density at radius 1 is 0.709 bits per heavy atom. The van der Waals surface area contributed by atoms with Crippen molar-refractivity contribution in [3.8, 4) is 0 Å². The molecule has 10 heterocycles. The normalized spacial score (nSPS) is 30.6. The number of anilines is 3. The molecule has 430 valence electrons. The van der Waals surface area contributed by atoms with E-state index in [2.05, 4.69) is 44.9 Å². The van der Waals surface area contributed by atoms with Crippen LogP contribution in [-0.4, -0.2) is 183 Å². The highest BCUT2D eigenvalue weighted by atomic mass is 32.7. The van der Waals surface area contributed by atoms with E-state index >= 15 is 0 Å². The minimum absolute atomic E-state index is 0.0137. The molecular formula is C40H54N15O20P3S. The van der Waals surface area contributed by atoms with Gasteiger partial charge in [0.2, 0.25) is 0 Å². The minimum Gasteiger partial charge on any atom is -0.454 e. The lowest BCUT2D eigenvalue weighted by Gasteiger charge is -2.38. The van der Waals surface area contributed by atoms with Gasteiger partial charge in [-0.1, -0.05) is 0 Å². The highest BCUT2D eigenvalue weighted by Gasteiger charge is 2.60. The Morgan fingerprint density at radius 2 is 1.22 bits per heavy atom. The summed E-state index contributed by atoms with van der Waals surface area (Å²) in [5.74, 6) is -1.19. The summed E-state index contributed by atoms with van der Waals surface area (Å²) in [6.45, 7) is -1.92. The Bertz CT molecular complexity index is 3380. The fraction of sp³-hybridized carbons (Fsp3) is 0.600. The number of esters is 1. The molecule has 0 aromatic carbocycles. The summed E-state index contributed by atoms with van der Waals surface area (Å²) >= 11 is 0.308. The maximum Gasteiger partial charge on any atom is 0.472 e. The van der Waals surface area contributed by atoms with Crippen LogP contribution in [0.15, 0.2) is 38.0 Å². The zero-order chi connectivity index (χ0) is 56.4. The van der Waals surface area contributed by atoms with Gasteiger partial charge in [0.25, 0.3) is 0 Å². The van der Waals surface area contributed by atoms with E-state index in [1.165, 1.54) is 46.1 Å². The first-order chi connectivity index (χ1) is 37.4. The molecule has 4 aliphatic rings. The Labute approximate surface area is 449 Å². The van der Waals surface area contributed by atoms with Crippen molar-refractivity contribution in [2.75, 3.05) is 56.7 Å². The van der Waals surface area contributed by atoms with Gasteiger partial charge in [-0.15, -0.1) is 0 Å². The van der Waals surface area contributed by atoms with Gasteiger partial charge in [-0.25, -0.2) is 58.6 Å². The van der Waals surface area contributed by atoms with Crippen molar-refractivity contribution < 1.29 is 94.4 Å². The lowest BCUT2D eigenvalue weighted by molar-refractivity contribution is -0.165. The Hall–Kier alpha value is -5.04. The van der Waals surface area contributed by atoms with Gasteiger partial charge in [0.1, 0.15) is 95.9 Å². The number of fused-ring (bicyclic) bond motifs is 4. The van der Waals surface area contributed by atoms with Crippen LogP contribution in [0.4, 0.5) is 17.5 Å². The summed E-state index contributed by atoms with van der Waals surface area (Å²) in [6, 6.07) is 0. The summed E-state index contributed by atoms with van der Waals surface area (Å²) in [5, 5.41) is 23.5. The number of nitrogen functional groups attached to an aromatic ring is 3. The summed E-state index contributed by atoms with van der Waals surface area (Å²) < 4.78 is 109. The lowest BCUT2D eigenvalue weighted by atomic mass is 9.89. The number of phosphoric ester groups is 2. The third-order valence-electron chi connectivity index (χ3n) is 13.2. The van der Waals surface area contributed by atoms with E-state index in [1.54, 1.807) is 20.8 Å². The fourth-order valence-electron chi connectivity index (χ4n) is 9.40. The number of methoxy groups -OCH3 is 1. The van der Waals surface area contributed by atoms with E-state index in [9.17, 15) is 43.4 Å². The molecule has 4 saturated heterocycles. The van der Waals surface area contributed by atoms with Gasteiger partial charge in [-0.2, -0.15) is 0 Å². The van der Waals surface area contributed by atoms with Crippen molar-refractivity contribution in [1.29, 1.82) is 0 Å². The van der Waals surface area contributed by atoms with E-state index in [-0.39, 0.29) is 64.0 Å². The van der Waals surface area contributed by atoms with E-state index < -0.39 is 133 Å². The standard InChI is InChI=1S/C40H54N15O20P3S/c1-39(2,3)38(58)67-17-79-78(63,64)69-9-19-25(65-4)27(37(72-19)55-16-52-22-31(43)46-13-49-34(22)55)75-76(59,60)68-8-18-23(56)26(36(71-18)54-15-51-21-30(42)45-12-48-33(21)54)74-77(61,62)70-10-40-6-5-7-66-28(40)24(57)35(73-40)53-14-50-20-29(41)44-11-47-32(20)53/h11-16,18-19,23-28,35-37,56-57H,5-10,17H2,1-4H3,(H,59,60)(H,61,62)(H,63,64)(H2,41,44,47)(H2,42,45,48)(H2,43,46,49)/t18-,19-,23?,24?,25?,26?,27?,28?,35-,36-,37-,40-/m1/s1. The number of carbonyl (C=O) groups excluding carboxylic acids is 1. The highest BCUT2D eigenvalue weighted by Crippen LogP contribution is 2.58. The summed E-state index contributed by atoms with van der Waals surface area (Å²) in [6.07, 6.45) is -8.92. The van der Waals surface area contributed by atoms with Crippen molar-refractivity contribution >= 4 is 90.7 Å². The zero-order valence-corrected chi connectivity index (χ0v) is 45.5. The number of rotatable bonds is 20. The van der Waals surface area contributed by atoms with Gasteiger partial charge in [-0.05, 0) is 33.6 Å². The molecule has 4 aliphatic heterocycles. The summed E-state index contributed by atoms with van der Waals surface area (Å²) in [4.78, 5) is 82.9. The molecule has 35 nitrogen and oxygen atoms in total. The fourth-order valence-corrected chi connectivity index (χ4v) is 13.0. The molecule has 11 N–H and O–H groups in total. The maximum atomic E-state index is 14.1. The largest absolute Gasteiger partial charge is 0.472 e. The quantitative estimate of drug-likeness (QED) is 0.0295. The predicted molar refractivity (Wildman–Crippen MR) is 267 cm³/mol. The van der Waals surface area contributed by atoms with Crippen molar-refractivity contribution in [2.24, 2.45) is 5.41 Å². The van der Waals surface area contributed by atoms with Crippen LogP contribution in [0.3, 0.4) is 0 Å². The van der Waals surface area contributed by atoms with Gasteiger partial charge >= 0.3 is 28.4 Å². The molecule has 0 radical (unpaired) electrons. The first kappa shape index (κ1) is 57.2. The van der Waals surface area contributed by atoms with Gasteiger partial charge in [0, 0.05) is 25.1 Å². The molecule has 6 aromatic heterocycles. The monoisotopic (exact) mass is 1190 g/mol. The van der Waals surface area contributed by atoms with Crippen LogP contribution in [0.25, 0.3) is 33.5 Å². The molecule has 9 unspecified atom stereocenters. The average Bonchev–Trinajstić information content (AvgIpc) is 4.46. The van der Waals surface area contributed by atoms with Crippen molar-refractivity contribution in [3.63, 3.8) is 0 Å². The summed E-state index contributed by atoms with van der Waals surface area (Å²) in [5.41, 5.74) is 16.4. The van der Waals surface area contributed by atoms with Crippen LogP contribution in [0.1, 0.15) is 52.3 Å². The van der Waals surface area contributed by atoms with E-state index in [1.807, 2.05) is 0 Å². The molecule has 79 heavy (non-hydrogen) atoms. The molecule has 0 spiro atoms. The first-order valence-electron chi connectivity index (χ1n) is 23.8. The van der Waals surface area contributed by atoms with Gasteiger partial charge in [0.05, 0.1) is 44.2 Å². The zero-order valence-electron chi connectivity index (χ0n) is 42.0. The molecule has 10 rings (SSSR count). The molecule has 15 atom stereocenters. The molecule has 0 amide bonds. The number of aliphatic hydroxyl groups excluding tert-OH is 2. The number of imidazole rings is 3. The number of nitrogens with two attached hydrogens (primary N) is 3. The third-order valence-corrected chi connectivity index (χ3v) is 17.8. The number of nitrogens with zero attached hydrogens (tertiary/aromatic N) is 12. The van der Waals surface area contributed by atoms with E-state index in [0.29, 0.717) is 17.8 Å². The molecule has 39 heteroatoms. The predicted octanol–water partition coefficient (Wildman–Crippen LogP) is 0.632. The van der Waals surface area contributed by atoms with Crippen LogP contribution < -0.4 is 17.2 Å². The Morgan fingerprint density at radius 3 is 1.77 bits per heavy atom. The molecular weight excluding hydrogens is 1140 g/mol. The van der Waals surface area contributed by atoms with E-state index in [0.717, 1.165) is 12.7 Å². The second kappa shape index (κ2) is 22.0. The van der Waals surface area contributed by atoms with Gasteiger partial charge < -0.3 is 70.5 Å². The molecule has 4 fully saturated rings. The maximum absolute atomic E-state index is 14.1. The second-order valence-electron chi connectivity index (χ2n) is 19.4. The number of carbonyl (C=O) groups is 1. The molecule has 6 aromatic rings.